The van der Waals surface area contributed by atoms with Gasteiger partial charge < -0.3 is 18.7 Å². The van der Waals surface area contributed by atoms with Crippen LogP contribution < -0.4 is 4.90 Å². The molecular weight excluding hydrogens is 398 g/mol. The lowest BCUT2D eigenvalue weighted by Crippen LogP contribution is -2.35. The Labute approximate surface area is 178 Å². The molecule has 1 amide bonds. The molecule has 0 saturated heterocycles. The van der Waals surface area contributed by atoms with Gasteiger partial charge in [0.2, 0.25) is 5.91 Å². The van der Waals surface area contributed by atoms with E-state index in [-0.39, 0.29) is 5.91 Å². The molecule has 4 aromatic rings. The molecule has 1 aromatic carbocycles. The molecule has 0 aliphatic carbocycles. The van der Waals surface area contributed by atoms with E-state index in [9.17, 15) is 4.79 Å². The highest BCUT2D eigenvalue weighted by Gasteiger charge is 2.22. The van der Waals surface area contributed by atoms with Gasteiger partial charge >= 0.3 is 0 Å². The van der Waals surface area contributed by atoms with E-state index in [0.29, 0.717) is 29.4 Å². The fourth-order valence-electron chi connectivity index (χ4n) is 3.77. The maximum Gasteiger partial charge on any atom is 0.227 e. The van der Waals surface area contributed by atoms with Gasteiger partial charge in [0.15, 0.2) is 16.7 Å². The van der Waals surface area contributed by atoms with Gasteiger partial charge in [-0.2, -0.15) is 0 Å². The SMILES string of the molecule is O=C(CCSc1nc(-c2ccco2)c(-c2ccco2)[nH]1)N1CCCc2ccccc21. The first kappa shape index (κ1) is 18.8. The first-order valence-electron chi connectivity index (χ1n) is 9.98. The number of aryl methyl sites for hydroxylation is 1. The third-order valence-electron chi connectivity index (χ3n) is 5.17. The summed E-state index contributed by atoms with van der Waals surface area (Å²) in [5.41, 5.74) is 3.78. The Kier molecular flexibility index (Phi) is 5.19. The first-order valence-corrected chi connectivity index (χ1v) is 11.0. The van der Waals surface area contributed by atoms with Gasteiger partial charge in [0, 0.05) is 24.4 Å². The van der Waals surface area contributed by atoms with Crippen LogP contribution in [0.2, 0.25) is 0 Å². The van der Waals surface area contributed by atoms with E-state index >= 15 is 0 Å². The fraction of sp³-hybridized carbons (Fsp3) is 0.217. The molecule has 0 atom stereocenters. The number of thioether (sulfide) groups is 1. The summed E-state index contributed by atoms with van der Waals surface area (Å²) >= 11 is 1.53. The van der Waals surface area contributed by atoms with Crippen molar-refractivity contribution in [2.75, 3.05) is 17.2 Å². The standard InChI is InChI=1S/C23H21N3O3S/c27-20(26-12-3-7-16-6-1-2-8-17(16)26)11-15-30-23-24-21(18-9-4-13-28-18)22(25-23)19-10-5-14-29-19/h1-2,4-6,8-10,13-14H,3,7,11-12,15H2,(H,24,25). The number of aromatic nitrogens is 2. The fourth-order valence-corrected chi connectivity index (χ4v) is 4.57. The first-order chi connectivity index (χ1) is 14.8. The highest BCUT2D eigenvalue weighted by atomic mass is 32.2. The largest absolute Gasteiger partial charge is 0.463 e. The molecule has 5 rings (SSSR count). The molecule has 1 aliphatic heterocycles. The Morgan fingerprint density at radius 2 is 1.87 bits per heavy atom. The molecular formula is C23H21N3O3S. The minimum atomic E-state index is 0.152. The number of carbonyl (C=O) groups is 1. The molecule has 0 spiro atoms. The van der Waals surface area contributed by atoms with Crippen molar-refractivity contribution < 1.29 is 13.6 Å². The number of amides is 1. The number of nitrogens with one attached hydrogen (secondary N) is 1. The maximum atomic E-state index is 12.8. The van der Waals surface area contributed by atoms with Crippen LogP contribution in [-0.2, 0) is 11.2 Å². The van der Waals surface area contributed by atoms with Gasteiger partial charge in [-0.3, -0.25) is 4.79 Å². The van der Waals surface area contributed by atoms with Gasteiger partial charge in [-0.1, -0.05) is 30.0 Å². The van der Waals surface area contributed by atoms with Crippen molar-refractivity contribution >= 4 is 23.4 Å². The van der Waals surface area contributed by atoms with Crippen LogP contribution in [0.5, 0.6) is 0 Å². The Balaban J connectivity index is 1.28. The number of anilines is 1. The van der Waals surface area contributed by atoms with Crippen molar-refractivity contribution in [1.82, 2.24) is 9.97 Å². The van der Waals surface area contributed by atoms with Crippen LogP contribution in [0.4, 0.5) is 5.69 Å². The molecule has 6 nitrogen and oxygen atoms in total. The van der Waals surface area contributed by atoms with Crippen LogP contribution >= 0.6 is 11.8 Å². The van der Waals surface area contributed by atoms with E-state index in [0.717, 1.165) is 35.9 Å². The number of hydrogen-bond acceptors (Lipinski definition) is 5. The van der Waals surface area contributed by atoms with E-state index in [1.165, 1.54) is 17.3 Å². The molecule has 7 heteroatoms. The molecule has 0 fully saturated rings. The highest BCUT2D eigenvalue weighted by molar-refractivity contribution is 7.99. The highest BCUT2D eigenvalue weighted by Crippen LogP contribution is 2.33. The zero-order valence-electron chi connectivity index (χ0n) is 16.3. The number of hydrogen-bond donors (Lipinski definition) is 1. The van der Waals surface area contributed by atoms with E-state index in [4.69, 9.17) is 8.83 Å². The summed E-state index contributed by atoms with van der Waals surface area (Å²) in [5.74, 6) is 2.16. The van der Waals surface area contributed by atoms with Gasteiger partial charge in [-0.25, -0.2) is 4.98 Å². The molecule has 3 aromatic heterocycles. The van der Waals surface area contributed by atoms with E-state index in [2.05, 4.69) is 16.0 Å². The maximum absolute atomic E-state index is 12.8. The summed E-state index contributed by atoms with van der Waals surface area (Å²) < 4.78 is 11.1. The molecule has 1 N–H and O–H groups in total. The summed E-state index contributed by atoms with van der Waals surface area (Å²) in [7, 11) is 0. The molecule has 0 bridgehead atoms. The number of furan rings is 2. The lowest BCUT2D eigenvalue weighted by molar-refractivity contribution is -0.118. The minimum Gasteiger partial charge on any atom is -0.463 e. The second-order valence-electron chi connectivity index (χ2n) is 7.10. The van der Waals surface area contributed by atoms with Crippen LogP contribution in [0.1, 0.15) is 18.4 Å². The van der Waals surface area contributed by atoms with E-state index in [1.54, 1.807) is 12.5 Å². The minimum absolute atomic E-state index is 0.152. The average molecular weight is 420 g/mol. The molecule has 0 radical (unpaired) electrons. The molecule has 30 heavy (non-hydrogen) atoms. The number of H-pyrrole nitrogens is 1. The predicted molar refractivity (Wildman–Crippen MR) is 116 cm³/mol. The molecule has 152 valence electrons. The van der Waals surface area contributed by atoms with Crippen molar-refractivity contribution in [3.05, 3.63) is 66.6 Å². The predicted octanol–water partition coefficient (Wildman–Crippen LogP) is 5.39. The van der Waals surface area contributed by atoms with Gasteiger partial charge in [0.1, 0.15) is 11.4 Å². The Hall–Kier alpha value is -3.19. The number of aromatic amines is 1. The zero-order chi connectivity index (χ0) is 20.3. The normalized spacial score (nSPS) is 13.4. The number of para-hydroxylation sites is 1. The summed E-state index contributed by atoms with van der Waals surface area (Å²) in [6.07, 6.45) is 5.74. The lowest BCUT2D eigenvalue weighted by atomic mass is 10.0. The van der Waals surface area contributed by atoms with Crippen LogP contribution in [0.3, 0.4) is 0 Å². The third-order valence-corrected chi connectivity index (χ3v) is 6.05. The molecule has 0 unspecified atom stereocenters. The Morgan fingerprint density at radius 1 is 1.07 bits per heavy atom. The van der Waals surface area contributed by atoms with Crippen molar-refractivity contribution in [2.24, 2.45) is 0 Å². The molecule has 1 aliphatic rings. The molecule has 4 heterocycles. The van der Waals surface area contributed by atoms with Gasteiger partial charge in [0.05, 0.1) is 12.5 Å². The topological polar surface area (TPSA) is 75.3 Å². The quantitative estimate of drug-likeness (QED) is 0.424. The zero-order valence-corrected chi connectivity index (χ0v) is 17.2. The second-order valence-corrected chi connectivity index (χ2v) is 8.18. The number of carbonyl (C=O) groups excluding carboxylic acids is 1. The van der Waals surface area contributed by atoms with Crippen LogP contribution in [0, 0.1) is 0 Å². The summed E-state index contributed by atoms with van der Waals surface area (Å²) in [6, 6.07) is 15.6. The van der Waals surface area contributed by atoms with Crippen LogP contribution in [0.25, 0.3) is 22.9 Å². The summed E-state index contributed by atoms with van der Waals surface area (Å²) in [6.45, 7) is 0.784. The monoisotopic (exact) mass is 419 g/mol. The van der Waals surface area contributed by atoms with Crippen LogP contribution in [-0.4, -0.2) is 28.2 Å². The van der Waals surface area contributed by atoms with Crippen molar-refractivity contribution in [3.63, 3.8) is 0 Å². The van der Waals surface area contributed by atoms with Crippen molar-refractivity contribution in [3.8, 4) is 22.9 Å². The lowest BCUT2D eigenvalue weighted by Gasteiger charge is -2.29. The van der Waals surface area contributed by atoms with Gasteiger partial charge in [-0.05, 0) is 48.7 Å². The second kappa shape index (κ2) is 8.28. The van der Waals surface area contributed by atoms with Crippen molar-refractivity contribution in [1.29, 1.82) is 0 Å². The van der Waals surface area contributed by atoms with Gasteiger partial charge in [-0.15, -0.1) is 0 Å². The number of imidazole rings is 1. The number of benzene rings is 1. The summed E-state index contributed by atoms with van der Waals surface area (Å²) in [5, 5.41) is 0.736. The molecule has 0 saturated carbocycles. The van der Waals surface area contributed by atoms with Crippen molar-refractivity contribution in [2.45, 2.75) is 24.4 Å². The number of rotatable bonds is 6. The third kappa shape index (κ3) is 3.68. The smallest absolute Gasteiger partial charge is 0.227 e. The van der Waals surface area contributed by atoms with Crippen LogP contribution in [0.15, 0.2) is 75.0 Å². The average Bonchev–Trinajstić information content (AvgIpc) is 3.54. The Morgan fingerprint density at radius 3 is 2.67 bits per heavy atom. The van der Waals surface area contributed by atoms with Gasteiger partial charge in [0.25, 0.3) is 0 Å². The number of nitrogens with zero attached hydrogens (tertiary/aromatic N) is 2. The van der Waals surface area contributed by atoms with E-state index in [1.807, 2.05) is 47.4 Å². The number of fused-ring (bicyclic) bond motifs is 1. The summed E-state index contributed by atoms with van der Waals surface area (Å²) in [4.78, 5) is 22.8. The van der Waals surface area contributed by atoms with E-state index < -0.39 is 0 Å². The Bertz CT molecular complexity index is 1080.